The number of nitrogens with zero attached hydrogens (tertiary/aromatic N) is 3. The lowest BCUT2D eigenvalue weighted by Gasteiger charge is -2.33. The van der Waals surface area contributed by atoms with Gasteiger partial charge in [-0.15, -0.1) is 35.3 Å². The number of ether oxygens (including phenoxy) is 1. The summed E-state index contributed by atoms with van der Waals surface area (Å²) >= 11 is 1.75. The molecule has 0 aliphatic carbocycles. The number of carbonyl (C=O) groups excluding carboxylic acids is 1. The number of carbonyl (C=O) groups is 1. The highest BCUT2D eigenvalue weighted by Gasteiger charge is 2.28. The van der Waals surface area contributed by atoms with Crippen LogP contribution in [-0.4, -0.2) is 48.6 Å². The lowest BCUT2D eigenvalue weighted by Crippen LogP contribution is -2.48. The van der Waals surface area contributed by atoms with Gasteiger partial charge in [0.25, 0.3) is 0 Å². The number of piperidine rings is 1. The summed E-state index contributed by atoms with van der Waals surface area (Å²) in [6.45, 7) is 8.99. The Bertz CT molecular complexity index is 592. The number of aliphatic imine (C=N–C) groups is 1. The largest absolute Gasteiger partial charge is 0.466 e. The molecule has 0 aromatic carbocycles. The monoisotopic (exact) mass is 494 g/mol. The summed E-state index contributed by atoms with van der Waals surface area (Å²) in [5, 5.41) is 4.59. The highest BCUT2D eigenvalue weighted by Crippen LogP contribution is 2.19. The molecule has 8 heteroatoms. The quantitative estimate of drug-likeness (QED) is 0.285. The number of nitrogens with one attached hydrogen (secondary N) is 1. The van der Waals surface area contributed by atoms with E-state index in [9.17, 15) is 4.79 Å². The van der Waals surface area contributed by atoms with Crippen molar-refractivity contribution in [3.63, 3.8) is 0 Å². The molecule has 0 spiro atoms. The molecule has 1 fully saturated rings. The van der Waals surface area contributed by atoms with E-state index >= 15 is 0 Å². The Balaban J connectivity index is 0.00000338. The first-order chi connectivity index (χ1) is 12.0. The maximum absolute atomic E-state index is 12.0. The number of thiazole rings is 1. The van der Waals surface area contributed by atoms with Gasteiger partial charge in [-0.25, -0.2) is 4.98 Å². The zero-order valence-corrected chi connectivity index (χ0v) is 19.3. The maximum Gasteiger partial charge on any atom is 0.310 e. The van der Waals surface area contributed by atoms with Crippen LogP contribution in [0.15, 0.2) is 11.2 Å². The van der Waals surface area contributed by atoms with Crippen molar-refractivity contribution in [2.24, 2.45) is 16.8 Å². The van der Waals surface area contributed by atoms with Crippen LogP contribution in [0.4, 0.5) is 0 Å². The van der Waals surface area contributed by atoms with E-state index in [1.807, 2.05) is 13.1 Å². The average Bonchev–Trinajstić information content (AvgIpc) is 3.02. The van der Waals surface area contributed by atoms with Crippen molar-refractivity contribution < 1.29 is 9.53 Å². The lowest BCUT2D eigenvalue weighted by atomic mass is 9.98. The summed E-state index contributed by atoms with van der Waals surface area (Å²) in [4.78, 5) is 24.2. The van der Waals surface area contributed by atoms with Crippen LogP contribution in [-0.2, 0) is 22.5 Å². The molecule has 1 saturated heterocycles. The number of rotatable bonds is 6. The maximum atomic E-state index is 12.0. The van der Waals surface area contributed by atoms with Crippen LogP contribution in [0.2, 0.25) is 0 Å². The lowest BCUT2D eigenvalue weighted by molar-refractivity contribution is -0.149. The fourth-order valence-corrected chi connectivity index (χ4v) is 4.07. The number of likely N-dealkylation sites (tertiary alicyclic amines) is 1. The topological polar surface area (TPSA) is 66.8 Å². The van der Waals surface area contributed by atoms with Gasteiger partial charge >= 0.3 is 5.97 Å². The minimum absolute atomic E-state index is 0. The van der Waals surface area contributed by atoms with Crippen LogP contribution in [0, 0.1) is 11.8 Å². The van der Waals surface area contributed by atoms with Gasteiger partial charge < -0.3 is 15.0 Å². The normalized spacial score (nSPS) is 17.8. The van der Waals surface area contributed by atoms with Crippen molar-refractivity contribution in [2.75, 3.05) is 26.7 Å². The molecule has 1 aromatic heterocycles. The molecule has 148 valence electrons. The SMILES string of the molecule is CCOC(=O)[C@@H]1CCCN(C(=NC)NCc2cnc(CC(C)C)s2)C1.I. The van der Waals surface area contributed by atoms with E-state index in [0.29, 0.717) is 25.6 Å². The molecule has 2 heterocycles. The van der Waals surface area contributed by atoms with E-state index in [4.69, 9.17) is 4.74 Å². The Hall–Kier alpha value is -0.900. The van der Waals surface area contributed by atoms with Gasteiger partial charge in [-0.1, -0.05) is 13.8 Å². The van der Waals surface area contributed by atoms with Crippen molar-refractivity contribution in [1.29, 1.82) is 0 Å². The van der Waals surface area contributed by atoms with E-state index in [1.165, 1.54) is 9.88 Å². The summed E-state index contributed by atoms with van der Waals surface area (Å²) in [5.41, 5.74) is 0. The standard InChI is InChI=1S/C18H30N4O2S.HI/c1-5-24-17(23)14-7-6-8-22(12-14)18(19-4)21-11-15-10-20-16(25-15)9-13(2)3;/h10,13-14H,5-9,11-12H2,1-4H3,(H,19,21);1H/t14-;/m1./s1. The van der Waals surface area contributed by atoms with E-state index < -0.39 is 0 Å². The van der Waals surface area contributed by atoms with E-state index in [0.717, 1.165) is 31.8 Å². The summed E-state index contributed by atoms with van der Waals surface area (Å²) in [6.07, 6.45) is 4.83. The Labute approximate surface area is 177 Å². The summed E-state index contributed by atoms with van der Waals surface area (Å²) < 4.78 is 5.17. The summed E-state index contributed by atoms with van der Waals surface area (Å²) in [5.74, 6) is 1.30. The van der Waals surface area contributed by atoms with Crippen molar-refractivity contribution in [1.82, 2.24) is 15.2 Å². The number of hydrogen-bond donors (Lipinski definition) is 1. The van der Waals surface area contributed by atoms with Crippen molar-refractivity contribution >= 4 is 47.2 Å². The molecule has 0 unspecified atom stereocenters. The zero-order valence-electron chi connectivity index (χ0n) is 16.2. The van der Waals surface area contributed by atoms with Gasteiger partial charge in [-0.2, -0.15) is 0 Å². The minimum atomic E-state index is -0.0940. The predicted molar refractivity (Wildman–Crippen MR) is 117 cm³/mol. The number of aromatic nitrogens is 1. The number of hydrogen-bond acceptors (Lipinski definition) is 5. The van der Waals surface area contributed by atoms with Gasteiger partial charge in [-0.05, 0) is 25.7 Å². The Morgan fingerprint density at radius 3 is 2.96 bits per heavy atom. The number of esters is 1. The van der Waals surface area contributed by atoms with Gasteiger partial charge in [0.15, 0.2) is 5.96 Å². The molecule has 1 aliphatic heterocycles. The van der Waals surface area contributed by atoms with Gasteiger partial charge in [0.2, 0.25) is 0 Å². The molecular weight excluding hydrogens is 463 g/mol. The Kier molecular flexibility index (Phi) is 10.4. The summed E-state index contributed by atoms with van der Waals surface area (Å²) in [7, 11) is 1.78. The highest BCUT2D eigenvalue weighted by molar-refractivity contribution is 14.0. The van der Waals surface area contributed by atoms with Gasteiger partial charge in [-0.3, -0.25) is 9.79 Å². The third-order valence-electron chi connectivity index (χ3n) is 4.16. The molecule has 1 atom stereocenters. The van der Waals surface area contributed by atoms with E-state index in [1.54, 1.807) is 18.4 Å². The highest BCUT2D eigenvalue weighted by atomic mass is 127. The third kappa shape index (κ3) is 7.02. The van der Waals surface area contributed by atoms with Crippen LogP contribution < -0.4 is 5.32 Å². The summed E-state index contributed by atoms with van der Waals surface area (Å²) in [6, 6.07) is 0. The van der Waals surface area contributed by atoms with E-state index in [-0.39, 0.29) is 35.9 Å². The van der Waals surface area contributed by atoms with Gasteiger partial charge in [0.05, 0.1) is 24.1 Å². The molecule has 0 radical (unpaired) electrons. The van der Waals surface area contributed by atoms with Gasteiger partial charge in [0.1, 0.15) is 0 Å². The van der Waals surface area contributed by atoms with Crippen LogP contribution >= 0.6 is 35.3 Å². The van der Waals surface area contributed by atoms with Crippen LogP contribution in [0.5, 0.6) is 0 Å². The first-order valence-corrected chi connectivity index (χ1v) is 9.90. The molecule has 0 saturated carbocycles. The van der Waals surface area contributed by atoms with Crippen LogP contribution in [0.1, 0.15) is 43.5 Å². The molecule has 0 bridgehead atoms. The first kappa shape index (κ1) is 23.1. The second-order valence-corrected chi connectivity index (χ2v) is 7.96. The molecule has 1 N–H and O–H groups in total. The van der Waals surface area contributed by atoms with Crippen molar-refractivity contribution in [2.45, 2.75) is 46.6 Å². The second kappa shape index (κ2) is 11.7. The van der Waals surface area contributed by atoms with Crippen molar-refractivity contribution in [3.8, 4) is 0 Å². The van der Waals surface area contributed by atoms with Gasteiger partial charge in [0, 0.05) is 37.6 Å². The first-order valence-electron chi connectivity index (χ1n) is 9.09. The molecule has 26 heavy (non-hydrogen) atoms. The molecule has 0 amide bonds. The van der Waals surface area contributed by atoms with Crippen LogP contribution in [0.25, 0.3) is 0 Å². The van der Waals surface area contributed by atoms with Crippen LogP contribution in [0.3, 0.4) is 0 Å². The smallest absolute Gasteiger partial charge is 0.310 e. The minimum Gasteiger partial charge on any atom is -0.466 e. The molecule has 1 aromatic rings. The average molecular weight is 494 g/mol. The fourth-order valence-electron chi connectivity index (χ4n) is 2.99. The molecule has 2 rings (SSSR count). The third-order valence-corrected chi connectivity index (χ3v) is 5.18. The zero-order chi connectivity index (χ0) is 18.2. The molecule has 6 nitrogen and oxygen atoms in total. The number of halogens is 1. The second-order valence-electron chi connectivity index (χ2n) is 6.76. The van der Waals surface area contributed by atoms with Crippen molar-refractivity contribution in [3.05, 3.63) is 16.1 Å². The Morgan fingerprint density at radius 1 is 1.54 bits per heavy atom. The fraction of sp³-hybridized carbons (Fsp3) is 0.722. The predicted octanol–water partition coefficient (Wildman–Crippen LogP) is 3.31. The number of guanidine groups is 1. The Morgan fingerprint density at radius 2 is 2.31 bits per heavy atom. The molecular formula is C18H31IN4O2S. The van der Waals surface area contributed by atoms with E-state index in [2.05, 4.69) is 34.0 Å². The molecule has 1 aliphatic rings.